The number of hydrogen-bond donors (Lipinski definition) is 0. The van der Waals surface area contributed by atoms with Gasteiger partial charge in [0, 0.05) is 5.56 Å². The molecule has 3 heteroatoms. The third kappa shape index (κ3) is 2.29. The quantitative estimate of drug-likeness (QED) is 0.526. The predicted molar refractivity (Wildman–Crippen MR) is 52.9 cm³/mol. The second-order valence-electron chi connectivity index (χ2n) is 2.63. The molecule has 0 atom stereocenters. The Morgan fingerprint density at radius 2 is 2.07 bits per heavy atom. The Morgan fingerprint density at radius 1 is 1.29 bits per heavy atom. The smallest absolute Gasteiger partial charge is 0.153 e. The van der Waals surface area contributed by atoms with Gasteiger partial charge in [-0.2, -0.15) is 0 Å². The molecule has 0 fully saturated rings. The van der Waals surface area contributed by atoms with Gasteiger partial charge in [-0.05, 0) is 12.1 Å². The van der Waals surface area contributed by atoms with Gasteiger partial charge in [0.25, 0.3) is 0 Å². The summed E-state index contributed by atoms with van der Waals surface area (Å²) in [7, 11) is 0. The zero-order valence-electron chi connectivity index (χ0n) is 7.60. The van der Waals surface area contributed by atoms with Crippen LogP contribution in [0.4, 0.5) is 0 Å². The van der Waals surface area contributed by atoms with Crippen LogP contribution in [0.25, 0.3) is 0 Å². The van der Waals surface area contributed by atoms with E-state index < -0.39 is 0 Å². The molecule has 0 aliphatic rings. The third-order valence-electron chi connectivity index (χ3n) is 1.66. The van der Waals surface area contributed by atoms with Gasteiger partial charge < -0.3 is 4.74 Å². The van der Waals surface area contributed by atoms with E-state index in [1.165, 1.54) is 6.07 Å². The Hall–Kier alpha value is -1.90. The molecule has 0 saturated heterocycles. The standard InChI is InChI=1S/C11H10O3/c1-2-5-14-11-6-9(7-12)3-4-10(11)8-13/h2-4,6-8H,1,5H2. The lowest BCUT2D eigenvalue weighted by atomic mass is 10.1. The Kier molecular flexibility index (Phi) is 3.61. The molecule has 0 amide bonds. The minimum atomic E-state index is 0.309. The number of carbonyl (C=O) groups is 2. The lowest BCUT2D eigenvalue weighted by Gasteiger charge is -2.05. The van der Waals surface area contributed by atoms with Gasteiger partial charge in [0.05, 0.1) is 5.56 Å². The Balaban J connectivity index is 3.00. The molecule has 0 N–H and O–H groups in total. The minimum Gasteiger partial charge on any atom is -0.489 e. The number of benzene rings is 1. The van der Waals surface area contributed by atoms with Gasteiger partial charge in [0.15, 0.2) is 6.29 Å². The van der Waals surface area contributed by atoms with Crippen molar-refractivity contribution >= 4 is 12.6 Å². The van der Waals surface area contributed by atoms with Crippen molar-refractivity contribution in [3.8, 4) is 5.75 Å². The highest BCUT2D eigenvalue weighted by molar-refractivity contribution is 5.83. The summed E-state index contributed by atoms with van der Waals surface area (Å²) >= 11 is 0. The van der Waals surface area contributed by atoms with E-state index in [1.807, 2.05) is 0 Å². The maximum Gasteiger partial charge on any atom is 0.153 e. The van der Waals surface area contributed by atoms with E-state index in [0.29, 0.717) is 36.1 Å². The van der Waals surface area contributed by atoms with E-state index in [-0.39, 0.29) is 0 Å². The Morgan fingerprint density at radius 3 is 2.64 bits per heavy atom. The highest BCUT2D eigenvalue weighted by Crippen LogP contribution is 2.17. The van der Waals surface area contributed by atoms with Crippen molar-refractivity contribution in [2.24, 2.45) is 0 Å². The maximum absolute atomic E-state index is 10.6. The number of hydrogen-bond acceptors (Lipinski definition) is 3. The molecule has 0 heterocycles. The molecule has 14 heavy (non-hydrogen) atoms. The lowest BCUT2D eigenvalue weighted by molar-refractivity contribution is 0.111. The van der Waals surface area contributed by atoms with Crippen LogP contribution in [0.5, 0.6) is 5.75 Å². The molecule has 0 saturated carbocycles. The van der Waals surface area contributed by atoms with Gasteiger partial charge in [-0.1, -0.05) is 18.7 Å². The summed E-state index contributed by atoms with van der Waals surface area (Å²) in [6.45, 7) is 3.80. The van der Waals surface area contributed by atoms with Gasteiger partial charge in [-0.3, -0.25) is 9.59 Å². The van der Waals surface area contributed by atoms with Crippen LogP contribution < -0.4 is 4.74 Å². The van der Waals surface area contributed by atoms with Crippen molar-refractivity contribution in [3.63, 3.8) is 0 Å². The first kappa shape index (κ1) is 10.2. The summed E-state index contributed by atoms with van der Waals surface area (Å²) in [5.41, 5.74) is 0.909. The summed E-state index contributed by atoms with van der Waals surface area (Å²) in [5.74, 6) is 0.407. The summed E-state index contributed by atoms with van der Waals surface area (Å²) in [6, 6.07) is 4.65. The van der Waals surface area contributed by atoms with Gasteiger partial charge in [-0.25, -0.2) is 0 Å². The zero-order chi connectivity index (χ0) is 10.4. The highest BCUT2D eigenvalue weighted by atomic mass is 16.5. The number of rotatable bonds is 5. The fourth-order valence-electron chi connectivity index (χ4n) is 0.995. The van der Waals surface area contributed by atoms with Gasteiger partial charge in [-0.15, -0.1) is 0 Å². The molecule has 1 rings (SSSR count). The van der Waals surface area contributed by atoms with Crippen LogP contribution in [0, 0.1) is 0 Å². The van der Waals surface area contributed by atoms with Crippen molar-refractivity contribution in [2.75, 3.05) is 6.61 Å². The molecule has 0 aromatic heterocycles. The van der Waals surface area contributed by atoms with Crippen molar-refractivity contribution < 1.29 is 14.3 Å². The molecule has 0 unspecified atom stereocenters. The first-order chi connectivity index (χ1) is 6.81. The first-order valence-corrected chi connectivity index (χ1v) is 4.10. The average molecular weight is 190 g/mol. The predicted octanol–water partition coefficient (Wildman–Crippen LogP) is 1.88. The Labute approximate surface area is 82.0 Å². The monoisotopic (exact) mass is 190 g/mol. The molecule has 1 aromatic carbocycles. The van der Waals surface area contributed by atoms with Crippen molar-refractivity contribution in [3.05, 3.63) is 42.0 Å². The first-order valence-electron chi connectivity index (χ1n) is 4.10. The van der Waals surface area contributed by atoms with Crippen LogP contribution in [0.1, 0.15) is 20.7 Å². The summed E-state index contributed by atoms with van der Waals surface area (Å²) in [5, 5.41) is 0. The van der Waals surface area contributed by atoms with E-state index in [1.54, 1.807) is 18.2 Å². The number of aldehydes is 2. The van der Waals surface area contributed by atoms with Gasteiger partial charge in [0.1, 0.15) is 18.6 Å². The number of ether oxygens (including phenoxy) is 1. The lowest BCUT2D eigenvalue weighted by Crippen LogP contribution is -1.97. The molecule has 72 valence electrons. The maximum atomic E-state index is 10.6. The third-order valence-corrected chi connectivity index (χ3v) is 1.66. The second-order valence-corrected chi connectivity index (χ2v) is 2.63. The van der Waals surface area contributed by atoms with Crippen LogP contribution in [-0.4, -0.2) is 19.2 Å². The molecule has 3 nitrogen and oxygen atoms in total. The van der Waals surface area contributed by atoms with Crippen LogP contribution in [-0.2, 0) is 0 Å². The van der Waals surface area contributed by atoms with Crippen LogP contribution >= 0.6 is 0 Å². The largest absolute Gasteiger partial charge is 0.489 e. The van der Waals surface area contributed by atoms with Crippen molar-refractivity contribution in [1.82, 2.24) is 0 Å². The molecule has 0 bridgehead atoms. The molecule has 0 aliphatic carbocycles. The topological polar surface area (TPSA) is 43.4 Å². The zero-order valence-corrected chi connectivity index (χ0v) is 7.60. The van der Waals surface area contributed by atoms with Crippen molar-refractivity contribution in [2.45, 2.75) is 0 Å². The second kappa shape index (κ2) is 4.97. The van der Waals surface area contributed by atoms with E-state index >= 15 is 0 Å². The van der Waals surface area contributed by atoms with Gasteiger partial charge in [0.2, 0.25) is 0 Å². The molecular weight excluding hydrogens is 180 g/mol. The number of carbonyl (C=O) groups excluding carboxylic acids is 2. The average Bonchev–Trinajstić information content (AvgIpc) is 2.25. The highest BCUT2D eigenvalue weighted by Gasteiger charge is 2.03. The van der Waals surface area contributed by atoms with E-state index in [9.17, 15) is 9.59 Å². The summed E-state index contributed by atoms with van der Waals surface area (Å²) < 4.78 is 5.21. The van der Waals surface area contributed by atoms with Crippen molar-refractivity contribution in [1.29, 1.82) is 0 Å². The van der Waals surface area contributed by atoms with Gasteiger partial charge >= 0.3 is 0 Å². The minimum absolute atomic E-state index is 0.309. The van der Waals surface area contributed by atoms with Crippen LogP contribution in [0.15, 0.2) is 30.9 Å². The molecule has 1 aromatic rings. The normalized spacial score (nSPS) is 9.14. The fourth-order valence-corrected chi connectivity index (χ4v) is 0.995. The van der Waals surface area contributed by atoms with E-state index in [2.05, 4.69) is 6.58 Å². The molecule has 0 aliphatic heterocycles. The molecular formula is C11H10O3. The molecule has 0 radical (unpaired) electrons. The Bertz CT molecular complexity index is 356. The van der Waals surface area contributed by atoms with Crippen LogP contribution in [0.2, 0.25) is 0 Å². The molecule has 0 spiro atoms. The summed E-state index contributed by atoms with van der Waals surface area (Å²) in [4.78, 5) is 21.1. The van der Waals surface area contributed by atoms with E-state index in [0.717, 1.165) is 0 Å². The van der Waals surface area contributed by atoms with Crippen LogP contribution in [0.3, 0.4) is 0 Å². The SMILES string of the molecule is C=CCOc1cc(C=O)ccc1C=O. The summed E-state index contributed by atoms with van der Waals surface area (Å²) in [6.07, 6.45) is 2.96. The fraction of sp³-hybridized carbons (Fsp3) is 0.0909. The van der Waals surface area contributed by atoms with E-state index in [4.69, 9.17) is 4.74 Å².